The number of nitrogens with zero attached hydrogens (tertiary/aromatic N) is 3. The monoisotopic (exact) mass is 342 g/mol. The molecule has 1 amide bonds. The van der Waals surface area contributed by atoms with Crippen LogP contribution in [0.15, 0.2) is 24.5 Å². The van der Waals surface area contributed by atoms with Crippen molar-refractivity contribution < 1.29 is 9.90 Å². The molecule has 1 saturated heterocycles. The van der Waals surface area contributed by atoms with Crippen molar-refractivity contribution in [3.63, 3.8) is 0 Å². The second-order valence-corrected chi connectivity index (χ2v) is 8.27. The second kappa shape index (κ2) is 5.46. The van der Waals surface area contributed by atoms with Gasteiger partial charge in [-0.05, 0) is 35.8 Å². The molecular weight excluding hydrogens is 316 g/mol. The van der Waals surface area contributed by atoms with Gasteiger partial charge in [0.2, 0.25) is 5.91 Å². The number of aliphatic hydroxyl groups is 1. The average molecular weight is 342 g/mol. The summed E-state index contributed by atoms with van der Waals surface area (Å²) in [6, 6.07) is 4.59. The first-order chi connectivity index (χ1) is 11.9. The van der Waals surface area contributed by atoms with E-state index in [9.17, 15) is 9.90 Å². The lowest BCUT2D eigenvalue weighted by atomic mass is 9.71. The van der Waals surface area contributed by atoms with Gasteiger partial charge in [0.1, 0.15) is 12.3 Å². The molecule has 1 aliphatic heterocycles. The van der Waals surface area contributed by atoms with Gasteiger partial charge in [0.25, 0.3) is 0 Å². The van der Waals surface area contributed by atoms with E-state index in [4.69, 9.17) is 0 Å². The van der Waals surface area contributed by atoms with Crippen molar-refractivity contribution in [2.75, 3.05) is 31.6 Å². The number of likely N-dealkylation sites (tertiary alicyclic amines) is 1. The van der Waals surface area contributed by atoms with Crippen LogP contribution in [0.5, 0.6) is 0 Å². The van der Waals surface area contributed by atoms with Crippen LogP contribution in [0.4, 0.5) is 5.69 Å². The smallest absolute Gasteiger partial charge is 0.248 e. The minimum absolute atomic E-state index is 0.0844. The Balaban J connectivity index is 1.59. The van der Waals surface area contributed by atoms with Gasteiger partial charge in [0, 0.05) is 49.6 Å². The molecule has 0 bridgehead atoms. The van der Waals surface area contributed by atoms with Gasteiger partial charge in [0.15, 0.2) is 0 Å². The highest BCUT2D eigenvalue weighted by Gasteiger charge is 2.59. The molecule has 3 atom stereocenters. The van der Waals surface area contributed by atoms with Crippen LogP contribution >= 0.6 is 0 Å². The third-order valence-corrected chi connectivity index (χ3v) is 6.76. The molecule has 25 heavy (non-hydrogen) atoms. The van der Waals surface area contributed by atoms with Crippen molar-refractivity contribution in [2.24, 2.45) is 10.8 Å². The highest BCUT2D eigenvalue weighted by atomic mass is 16.3. The SMILES string of the molecule is CN(c1ccnc2[nH]ccc12)C1C[C@@]2(C)CN(C(=O)CO)C[C@@]2(C)C1. The summed E-state index contributed by atoms with van der Waals surface area (Å²) in [6.07, 6.45) is 5.87. The number of aliphatic hydroxyl groups excluding tert-OH is 1. The number of aromatic amines is 1. The maximum atomic E-state index is 11.9. The van der Waals surface area contributed by atoms with Crippen molar-refractivity contribution in [3.05, 3.63) is 24.5 Å². The summed E-state index contributed by atoms with van der Waals surface area (Å²) in [5.41, 5.74) is 2.29. The molecule has 2 aliphatic rings. The fourth-order valence-corrected chi connectivity index (χ4v) is 5.02. The Kier molecular flexibility index (Phi) is 3.58. The number of anilines is 1. The van der Waals surface area contributed by atoms with Crippen molar-refractivity contribution in [3.8, 4) is 0 Å². The third kappa shape index (κ3) is 2.34. The first-order valence-electron chi connectivity index (χ1n) is 8.90. The second-order valence-electron chi connectivity index (χ2n) is 8.27. The van der Waals surface area contributed by atoms with Crippen molar-refractivity contribution in [1.29, 1.82) is 0 Å². The summed E-state index contributed by atoms with van der Waals surface area (Å²) in [4.78, 5) is 23.7. The number of hydrogen-bond donors (Lipinski definition) is 2. The summed E-state index contributed by atoms with van der Waals surface area (Å²) in [5, 5.41) is 10.3. The standard InChI is InChI=1S/C19H26N4O2/c1-18-8-13(9-19(18,2)12-23(11-18)16(25)10-24)22(3)15-5-7-21-17-14(15)4-6-20-17/h4-7,13,24H,8-12H2,1-3H3,(H,20,21)/t13?,18-,19+. The van der Waals surface area contributed by atoms with Gasteiger partial charge in [-0.3, -0.25) is 4.79 Å². The van der Waals surface area contributed by atoms with E-state index in [1.807, 2.05) is 17.3 Å². The van der Waals surface area contributed by atoms with Crippen LogP contribution in [0.3, 0.4) is 0 Å². The van der Waals surface area contributed by atoms with Crippen LogP contribution in [0.1, 0.15) is 26.7 Å². The van der Waals surface area contributed by atoms with Crippen LogP contribution in [-0.4, -0.2) is 58.7 Å². The maximum Gasteiger partial charge on any atom is 0.248 e. The number of nitrogens with one attached hydrogen (secondary N) is 1. The number of rotatable bonds is 3. The summed E-state index contributed by atoms with van der Waals surface area (Å²) < 4.78 is 0. The van der Waals surface area contributed by atoms with E-state index >= 15 is 0 Å². The van der Waals surface area contributed by atoms with E-state index in [1.54, 1.807) is 0 Å². The summed E-state index contributed by atoms with van der Waals surface area (Å²) >= 11 is 0. The molecule has 1 unspecified atom stereocenters. The number of H-pyrrole nitrogens is 1. The van der Waals surface area contributed by atoms with Crippen molar-refractivity contribution in [2.45, 2.75) is 32.7 Å². The maximum absolute atomic E-state index is 11.9. The predicted molar refractivity (Wildman–Crippen MR) is 97.4 cm³/mol. The van der Waals surface area contributed by atoms with E-state index in [1.165, 1.54) is 5.69 Å². The third-order valence-electron chi connectivity index (χ3n) is 6.76. The molecule has 2 aromatic heterocycles. The molecule has 2 N–H and O–H groups in total. The Bertz CT molecular complexity index is 799. The van der Waals surface area contributed by atoms with Crippen LogP contribution < -0.4 is 4.90 Å². The van der Waals surface area contributed by atoms with Crippen LogP contribution in [0.25, 0.3) is 11.0 Å². The minimum Gasteiger partial charge on any atom is -0.387 e. The molecule has 0 radical (unpaired) electrons. The van der Waals surface area contributed by atoms with Gasteiger partial charge in [0.05, 0.1) is 0 Å². The molecule has 4 rings (SSSR count). The molecule has 3 heterocycles. The van der Waals surface area contributed by atoms with E-state index in [-0.39, 0.29) is 16.7 Å². The highest BCUT2D eigenvalue weighted by Crippen LogP contribution is 2.58. The van der Waals surface area contributed by atoms with Crippen molar-refractivity contribution >= 4 is 22.6 Å². The number of amides is 1. The number of carbonyl (C=O) groups excluding carboxylic acids is 1. The van der Waals surface area contributed by atoms with Gasteiger partial charge in [-0.25, -0.2) is 4.98 Å². The number of carbonyl (C=O) groups is 1. The first-order valence-corrected chi connectivity index (χ1v) is 8.90. The van der Waals surface area contributed by atoms with Crippen LogP contribution in [-0.2, 0) is 4.79 Å². The molecule has 0 spiro atoms. The molecule has 1 saturated carbocycles. The molecule has 134 valence electrons. The number of aromatic nitrogens is 2. The molecule has 6 heteroatoms. The quantitative estimate of drug-likeness (QED) is 0.895. The molecule has 2 aromatic rings. The predicted octanol–water partition coefficient (Wildman–Crippen LogP) is 2.01. The summed E-state index contributed by atoms with van der Waals surface area (Å²) in [7, 11) is 2.16. The van der Waals surface area contributed by atoms with Crippen molar-refractivity contribution in [1.82, 2.24) is 14.9 Å². The van der Waals surface area contributed by atoms with E-state index in [0.29, 0.717) is 6.04 Å². The Morgan fingerprint density at radius 2 is 2.04 bits per heavy atom. The van der Waals surface area contributed by atoms with Crippen LogP contribution in [0, 0.1) is 10.8 Å². The Hall–Kier alpha value is -2.08. The zero-order valence-corrected chi connectivity index (χ0v) is 15.1. The Labute approximate surface area is 147 Å². The van der Waals surface area contributed by atoms with Gasteiger partial charge < -0.3 is 19.9 Å². The molecular formula is C19H26N4O2. The van der Waals surface area contributed by atoms with Gasteiger partial charge in [-0.2, -0.15) is 0 Å². The summed E-state index contributed by atoms with van der Waals surface area (Å²) in [6.45, 7) is 5.68. The fraction of sp³-hybridized carbons (Fsp3) is 0.579. The normalized spacial score (nSPS) is 31.5. The molecule has 0 aromatic carbocycles. The minimum atomic E-state index is -0.391. The lowest BCUT2D eigenvalue weighted by Gasteiger charge is -2.31. The Morgan fingerprint density at radius 1 is 1.36 bits per heavy atom. The molecule has 6 nitrogen and oxygen atoms in total. The van der Waals surface area contributed by atoms with E-state index in [2.05, 4.69) is 47.9 Å². The molecule has 1 aliphatic carbocycles. The Morgan fingerprint density at radius 3 is 2.68 bits per heavy atom. The van der Waals surface area contributed by atoms with Gasteiger partial charge in [-0.15, -0.1) is 0 Å². The number of fused-ring (bicyclic) bond motifs is 2. The average Bonchev–Trinajstić information content (AvgIpc) is 3.22. The summed E-state index contributed by atoms with van der Waals surface area (Å²) in [5.74, 6) is -0.148. The van der Waals surface area contributed by atoms with E-state index < -0.39 is 6.61 Å². The highest BCUT2D eigenvalue weighted by molar-refractivity contribution is 5.89. The largest absolute Gasteiger partial charge is 0.387 e. The topological polar surface area (TPSA) is 72.5 Å². The lowest BCUT2D eigenvalue weighted by molar-refractivity contribution is -0.133. The van der Waals surface area contributed by atoms with Gasteiger partial charge >= 0.3 is 0 Å². The number of pyridine rings is 1. The van der Waals surface area contributed by atoms with Crippen LogP contribution in [0.2, 0.25) is 0 Å². The zero-order chi connectivity index (χ0) is 17.8. The zero-order valence-electron chi connectivity index (χ0n) is 15.1. The molecule has 2 fully saturated rings. The fourth-order valence-electron chi connectivity index (χ4n) is 5.02. The van der Waals surface area contributed by atoms with E-state index in [0.717, 1.165) is 37.0 Å². The van der Waals surface area contributed by atoms with Gasteiger partial charge in [-0.1, -0.05) is 13.8 Å². The first kappa shape index (κ1) is 16.4. The lowest BCUT2D eigenvalue weighted by Crippen LogP contribution is -2.37. The number of hydrogen-bond acceptors (Lipinski definition) is 4.